The maximum atomic E-state index is 14.5. The Hall–Kier alpha value is -2.95. The molecule has 0 aromatic heterocycles. The zero-order chi connectivity index (χ0) is 31.6. The predicted octanol–water partition coefficient (Wildman–Crippen LogP) is 5.55. The van der Waals surface area contributed by atoms with Crippen molar-refractivity contribution in [3.63, 3.8) is 0 Å². The summed E-state index contributed by atoms with van der Waals surface area (Å²) in [6, 6.07) is 20.3. The van der Waals surface area contributed by atoms with Crippen molar-refractivity contribution < 1.29 is 18.0 Å². The van der Waals surface area contributed by atoms with Crippen molar-refractivity contribution in [2.24, 2.45) is 0 Å². The number of nitrogens with one attached hydrogen (secondary N) is 2. The van der Waals surface area contributed by atoms with Gasteiger partial charge < -0.3 is 15.1 Å². The molecule has 0 bridgehead atoms. The van der Waals surface area contributed by atoms with Crippen LogP contribution in [0.2, 0.25) is 10.0 Å². The van der Waals surface area contributed by atoms with Gasteiger partial charge in [-0.25, -0.2) is 13.1 Å². The highest BCUT2D eigenvalue weighted by Crippen LogP contribution is 2.48. The molecule has 2 aliphatic rings. The van der Waals surface area contributed by atoms with Gasteiger partial charge in [-0.3, -0.25) is 9.59 Å². The van der Waals surface area contributed by atoms with Crippen LogP contribution >= 0.6 is 23.2 Å². The molecule has 0 saturated heterocycles. The van der Waals surface area contributed by atoms with Gasteiger partial charge in [0, 0.05) is 34.2 Å². The predicted molar refractivity (Wildman–Crippen MR) is 174 cm³/mol. The summed E-state index contributed by atoms with van der Waals surface area (Å²) in [7, 11) is 0.366. The van der Waals surface area contributed by atoms with Crippen molar-refractivity contribution in [2.45, 2.75) is 55.8 Å². The molecular formula is C33H38Cl2N4O4S. The molecule has 0 radical (unpaired) electrons. The number of hydrogen-bond donors (Lipinski definition) is 2. The normalized spacial score (nSPS) is 22.9. The van der Waals surface area contributed by atoms with E-state index in [2.05, 4.69) is 14.9 Å². The summed E-state index contributed by atoms with van der Waals surface area (Å²) in [5.41, 5.74) is 2.67. The van der Waals surface area contributed by atoms with Crippen LogP contribution in [0.5, 0.6) is 0 Å². The molecule has 2 N–H and O–H groups in total. The summed E-state index contributed by atoms with van der Waals surface area (Å²) < 4.78 is 27.6. The Labute approximate surface area is 269 Å². The third-order valence-electron chi connectivity index (χ3n) is 8.67. The monoisotopic (exact) mass is 656 g/mol. The Morgan fingerprint density at radius 1 is 0.977 bits per heavy atom. The molecule has 44 heavy (non-hydrogen) atoms. The van der Waals surface area contributed by atoms with Crippen molar-refractivity contribution in [3.8, 4) is 0 Å². The topological polar surface area (TPSA) is 98.8 Å². The molecule has 2 amide bonds. The van der Waals surface area contributed by atoms with Gasteiger partial charge >= 0.3 is 0 Å². The Bertz CT molecular complexity index is 1620. The molecule has 1 saturated carbocycles. The van der Waals surface area contributed by atoms with E-state index in [4.69, 9.17) is 23.2 Å². The second kappa shape index (κ2) is 13.6. The largest absolute Gasteiger partial charge is 0.354 e. The highest BCUT2D eigenvalue weighted by molar-refractivity contribution is 7.88. The molecule has 3 aromatic rings. The van der Waals surface area contributed by atoms with Crippen molar-refractivity contribution in [2.75, 3.05) is 26.9 Å². The zero-order valence-corrected chi connectivity index (χ0v) is 27.4. The summed E-state index contributed by atoms with van der Waals surface area (Å²) >= 11 is 13.1. The first-order chi connectivity index (χ1) is 21.0. The molecule has 8 nitrogen and oxygen atoms in total. The van der Waals surface area contributed by atoms with E-state index in [-0.39, 0.29) is 17.9 Å². The standard InChI is InChI=1S/C33H38Cl2N4O4S/c1-38(2)29(21-11-5-4-6-12-21)20-36-32(40)30-23-13-7-8-14-24(23)33(41)39(31(30)25-18-17-22(34)19-26(25)35)28-16-10-9-15-27(28)37-44(3,42)43/h4-8,11-14,17-19,27-31,37H,9-10,15-16,20H2,1-3H3,(H,36,40)/t27-,28-,29?,30+,31-/m0/s1. The number of halogens is 2. The number of carbonyl (C=O) groups excluding carboxylic acids is 2. The van der Waals surface area contributed by atoms with E-state index < -0.39 is 34.1 Å². The van der Waals surface area contributed by atoms with E-state index in [1.165, 1.54) is 0 Å². The Morgan fingerprint density at radius 2 is 1.66 bits per heavy atom. The molecule has 5 rings (SSSR count). The smallest absolute Gasteiger partial charge is 0.255 e. The second-order valence-corrected chi connectivity index (χ2v) is 14.5. The Balaban J connectivity index is 1.62. The molecule has 1 aliphatic heterocycles. The fourth-order valence-corrected chi connectivity index (χ4v) is 8.05. The highest BCUT2D eigenvalue weighted by Gasteiger charge is 2.49. The number of benzene rings is 3. The minimum Gasteiger partial charge on any atom is -0.354 e. The van der Waals surface area contributed by atoms with Gasteiger partial charge in [-0.15, -0.1) is 0 Å². The van der Waals surface area contributed by atoms with Crippen molar-refractivity contribution >= 4 is 45.0 Å². The number of fused-ring (bicyclic) bond motifs is 1. The van der Waals surface area contributed by atoms with Crippen LogP contribution in [0.3, 0.4) is 0 Å². The molecule has 11 heteroatoms. The zero-order valence-electron chi connectivity index (χ0n) is 25.0. The molecule has 5 atom stereocenters. The molecule has 234 valence electrons. The number of nitrogens with zero attached hydrogens (tertiary/aromatic N) is 2. The SMILES string of the molecule is CN(C)C(CNC(=O)[C@@H]1c2ccccc2C(=O)N([C@H]2CCCC[C@@H]2NS(C)(=O)=O)[C@H]1c1ccc(Cl)cc1Cl)c1ccccc1. The van der Waals surface area contributed by atoms with Crippen LogP contribution in [0.1, 0.15) is 70.7 Å². The van der Waals surface area contributed by atoms with E-state index in [0.717, 1.165) is 24.7 Å². The molecule has 3 aromatic carbocycles. The van der Waals surface area contributed by atoms with E-state index in [9.17, 15) is 18.0 Å². The molecule has 1 aliphatic carbocycles. The van der Waals surface area contributed by atoms with Crippen LogP contribution in [0.4, 0.5) is 0 Å². The third kappa shape index (κ3) is 6.97. The van der Waals surface area contributed by atoms with Crippen LogP contribution in [0.25, 0.3) is 0 Å². The first kappa shape index (κ1) is 32.4. The van der Waals surface area contributed by atoms with Crippen LogP contribution in [-0.2, 0) is 14.8 Å². The minimum absolute atomic E-state index is 0.0871. The van der Waals surface area contributed by atoms with Gasteiger partial charge in [-0.05, 0) is 61.8 Å². The van der Waals surface area contributed by atoms with E-state index >= 15 is 0 Å². The number of rotatable bonds is 9. The third-order valence-corrected chi connectivity index (χ3v) is 9.96. The molecule has 1 heterocycles. The fourth-order valence-electron chi connectivity index (χ4n) is 6.71. The minimum atomic E-state index is -3.57. The second-order valence-electron chi connectivity index (χ2n) is 11.9. The first-order valence-electron chi connectivity index (χ1n) is 14.8. The van der Waals surface area contributed by atoms with Crippen LogP contribution in [0, 0.1) is 0 Å². The van der Waals surface area contributed by atoms with Crippen molar-refractivity contribution in [1.82, 2.24) is 19.8 Å². The van der Waals surface area contributed by atoms with Gasteiger partial charge in [0.25, 0.3) is 5.91 Å². The number of amides is 2. The van der Waals surface area contributed by atoms with Gasteiger partial charge in [-0.1, -0.05) is 90.6 Å². The van der Waals surface area contributed by atoms with Crippen LogP contribution < -0.4 is 10.0 Å². The number of likely N-dealkylation sites (N-methyl/N-ethyl adjacent to an activating group) is 1. The van der Waals surface area contributed by atoms with Gasteiger partial charge in [0.2, 0.25) is 15.9 Å². The number of sulfonamides is 1. The lowest BCUT2D eigenvalue weighted by molar-refractivity contribution is -0.124. The lowest BCUT2D eigenvalue weighted by atomic mass is 9.76. The Morgan fingerprint density at radius 3 is 2.34 bits per heavy atom. The summed E-state index contributed by atoms with van der Waals surface area (Å²) in [6.07, 6.45) is 3.92. The lowest BCUT2D eigenvalue weighted by Crippen LogP contribution is -2.59. The van der Waals surface area contributed by atoms with Gasteiger partial charge in [-0.2, -0.15) is 0 Å². The van der Waals surface area contributed by atoms with Gasteiger partial charge in [0.15, 0.2) is 0 Å². The molecule has 1 unspecified atom stereocenters. The van der Waals surface area contributed by atoms with E-state index in [1.54, 1.807) is 35.2 Å². The summed E-state index contributed by atoms with van der Waals surface area (Å²) in [5, 5.41) is 3.95. The first-order valence-corrected chi connectivity index (χ1v) is 17.4. The summed E-state index contributed by atoms with van der Waals surface area (Å²) in [5.74, 6) is -1.33. The lowest BCUT2D eigenvalue weighted by Gasteiger charge is -2.49. The maximum absolute atomic E-state index is 14.5. The van der Waals surface area contributed by atoms with Crippen LogP contribution in [-0.4, -0.2) is 69.0 Å². The maximum Gasteiger partial charge on any atom is 0.255 e. The highest BCUT2D eigenvalue weighted by atomic mass is 35.5. The van der Waals surface area contributed by atoms with Gasteiger partial charge in [0.1, 0.15) is 0 Å². The fraction of sp³-hybridized carbons (Fsp3) is 0.394. The van der Waals surface area contributed by atoms with E-state index in [1.807, 2.05) is 56.6 Å². The molecule has 1 fully saturated rings. The number of carbonyl (C=O) groups is 2. The quantitative estimate of drug-likeness (QED) is 0.315. The Kier molecular flexibility index (Phi) is 10.0. The van der Waals surface area contributed by atoms with Crippen molar-refractivity contribution in [1.29, 1.82) is 0 Å². The van der Waals surface area contributed by atoms with E-state index in [0.29, 0.717) is 46.1 Å². The average Bonchev–Trinajstić information content (AvgIpc) is 2.97. The van der Waals surface area contributed by atoms with Crippen LogP contribution in [0.15, 0.2) is 72.8 Å². The summed E-state index contributed by atoms with van der Waals surface area (Å²) in [4.78, 5) is 32.7. The summed E-state index contributed by atoms with van der Waals surface area (Å²) in [6.45, 7) is 0.339. The molecule has 0 spiro atoms. The number of hydrogen-bond acceptors (Lipinski definition) is 5. The van der Waals surface area contributed by atoms with Gasteiger partial charge in [0.05, 0.1) is 24.3 Å². The van der Waals surface area contributed by atoms with Crippen molar-refractivity contribution in [3.05, 3.63) is 105 Å². The molecular weight excluding hydrogens is 619 g/mol. The average molecular weight is 658 g/mol.